The molecule has 0 saturated heterocycles. The van der Waals surface area contributed by atoms with Crippen molar-refractivity contribution in [3.8, 4) is 11.5 Å². The quantitative estimate of drug-likeness (QED) is 0.172. The lowest BCUT2D eigenvalue weighted by Crippen LogP contribution is -2.40. The Morgan fingerprint density at radius 3 is 1.87 bits per heavy atom. The van der Waals surface area contributed by atoms with Crippen molar-refractivity contribution in [3.05, 3.63) is 23.8 Å². The number of carbonyl (C=O) groups is 4. The molecule has 0 fully saturated rings. The second kappa shape index (κ2) is 16.5. The van der Waals surface area contributed by atoms with Gasteiger partial charge in [-0.05, 0) is 50.3 Å². The Morgan fingerprint density at radius 1 is 0.868 bits per heavy atom. The summed E-state index contributed by atoms with van der Waals surface area (Å²) >= 11 is 0. The first-order chi connectivity index (χ1) is 17.9. The minimum atomic E-state index is -1.37. The topological polar surface area (TPSA) is 161 Å². The van der Waals surface area contributed by atoms with Crippen molar-refractivity contribution in [1.29, 1.82) is 0 Å². The third-order valence-corrected chi connectivity index (χ3v) is 5.81. The van der Waals surface area contributed by atoms with Crippen LogP contribution in [0.2, 0.25) is 0 Å². The highest BCUT2D eigenvalue weighted by Gasteiger charge is 2.33. The Morgan fingerprint density at radius 2 is 1.39 bits per heavy atom. The van der Waals surface area contributed by atoms with Crippen LogP contribution >= 0.6 is 0 Å². The van der Waals surface area contributed by atoms with Crippen molar-refractivity contribution >= 4 is 24.2 Å². The molecule has 11 nitrogen and oxygen atoms in total. The minimum Gasteiger partial charge on any atom is -0.480 e. The largest absolute Gasteiger partial charge is 0.514 e. The first kappa shape index (κ1) is 32.7. The third kappa shape index (κ3) is 11.0. The number of benzene rings is 1. The van der Waals surface area contributed by atoms with Crippen LogP contribution in [0.4, 0.5) is 9.59 Å². The molecule has 38 heavy (non-hydrogen) atoms. The molecule has 0 aliphatic carbocycles. The molecule has 11 heteroatoms. The second-order valence-electron chi connectivity index (χ2n) is 9.25. The molecule has 1 aromatic rings. The fourth-order valence-corrected chi connectivity index (χ4v) is 3.86. The van der Waals surface area contributed by atoms with Gasteiger partial charge in [-0.3, -0.25) is 9.59 Å². The summed E-state index contributed by atoms with van der Waals surface area (Å²) in [6.45, 7) is 10.6. The summed E-state index contributed by atoms with van der Waals surface area (Å²) in [6, 6.07) is 2.84. The van der Waals surface area contributed by atoms with Crippen LogP contribution in [0.3, 0.4) is 0 Å². The average molecular weight is 540 g/mol. The van der Waals surface area contributed by atoms with Gasteiger partial charge >= 0.3 is 24.2 Å². The Bertz CT molecular complexity index is 934. The van der Waals surface area contributed by atoms with Gasteiger partial charge in [-0.2, -0.15) is 0 Å². The number of carboxylic acids is 1. The van der Waals surface area contributed by atoms with Crippen LogP contribution in [0, 0.1) is 5.92 Å². The highest BCUT2D eigenvalue weighted by molar-refractivity contribution is 5.75. The molecule has 0 spiro atoms. The van der Waals surface area contributed by atoms with Gasteiger partial charge in [0.15, 0.2) is 11.5 Å². The number of rotatable bonds is 15. The van der Waals surface area contributed by atoms with Crippen molar-refractivity contribution in [1.82, 2.24) is 0 Å². The zero-order chi connectivity index (χ0) is 28.8. The van der Waals surface area contributed by atoms with Crippen molar-refractivity contribution in [2.75, 3.05) is 6.61 Å². The first-order valence-electron chi connectivity index (χ1n) is 13.0. The number of carbonyl (C=O) groups excluding carboxylic acids is 3. The smallest absolute Gasteiger partial charge is 0.480 e. The van der Waals surface area contributed by atoms with Gasteiger partial charge in [0.1, 0.15) is 18.2 Å². The highest BCUT2D eigenvalue weighted by atomic mass is 16.7. The molecule has 0 bridgehead atoms. The lowest BCUT2D eigenvalue weighted by molar-refractivity contribution is -0.145. The van der Waals surface area contributed by atoms with Gasteiger partial charge in [-0.1, -0.05) is 46.6 Å². The zero-order valence-electron chi connectivity index (χ0n) is 23.1. The summed E-state index contributed by atoms with van der Waals surface area (Å²) < 4.78 is 26.4. The van der Waals surface area contributed by atoms with Crippen LogP contribution in [0.1, 0.15) is 85.1 Å². The van der Waals surface area contributed by atoms with E-state index in [0.29, 0.717) is 18.4 Å². The Balaban J connectivity index is 3.37. The number of nitrogens with two attached hydrogens (primary N) is 1. The predicted octanol–water partition coefficient (Wildman–Crippen LogP) is 5.18. The van der Waals surface area contributed by atoms with Crippen LogP contribution in [0.5, 0.6) is 11.5 Å². The maximum atomic E-state index is 12.5. The van der Waals surface area contributed by atoms with Crippen molar-refractivity contribution in [2.45, 2.75) is 97.8 Å². The molecule has 1 aromatic carbocycles. The van der Waals surface area contributed by atoms with Gasteiger partial charge in [0, 0.05) is 12.3 Å². The summed E-state index contributed by atoms with van der Waals surface area (Å²) in [7, 11) is 0. The molecule has 0 radical (unpaired) electrons. The van der Waals surface area contributed by atoms with Crippen LogP contribution in [0.15, 0.2) is 18.2 Å². The molecule has 0 aliphatic heterocycles. The van der Waals surface area contributed by atoms with E-state index in [4.69, 9.17) is 29.4 Å². The predicted molar refractivity (Wildman–Crippen MR) is 138 cm³/mol. The molecule has 5 atom stereocenters. The monoisotopic (exact) mass is 539 g/mol. The number of aliphatic carboxylic acids is 1. The molecule has 0 aliphatic rings. The van der Waals surface area contributed by atoms with Crippen LogP contribution < -0.4 is 15.2 Å². The van der Waals surface area contributed by atoms with E-state index in [0.717, 1.165) is 12.8 Å². The van der Waals surface area contributed by atoms with E-state index >= 15 is 0 Å². The van der Waals surface area contributed by atoms with Gasteiger partial charge in [-0.25, -0.2) is 9.59 Å². The maximum absolute atomic E-state index is 12.5. The number of ether oxygens (including phenoxy) is 5. The molecule has 0 saturated carbocycles. The summed E-state index contributed by atoms with van der Waals surface area (Å²) in [4.78, 5) is 48.3. The van der Waals surface area contributed by atoms with Crippen LogP contribution in [0.25, 0.3) is 0 Å². The van der Waals surface area contributed by atoms with Gasteiger partial charge in [-0.15, -0.1) is 0 Å². The van der Waals surface area contributed by atoms with Crippen LogP contribution in [-0.4, -0.2) is 54.2 Å². The van der Waals surface area contributed by atoms with Gasteiger partial charge < -0.3 is 34.5 Å². The van der Waals surface area contributed by atoms with Crippen molar-refractivity contribution < 1.29 is 48.0 Å². The zero-order valence-corrected chi connectivity index (χ0v) is 23.1. The molecular weight excluding hydrogens is 498 g/mol. The fourth-order valence-electron chi connectivity index (χ4n) is 3.86. The maximum Gasteiger partial charge on any atom is 0.514 e. The Hall–Kier alpha value is -3.34. The molecule has 1 rings (SSSR count). The molecule has 0 aromatic heterocycles. The van der Waals surface area contributed by atoms with E-state index in [-0.39, 0.29) is 30.6 Å². The molecular formula is C27H41NO10. The van der Waals surface area contributed by atoms with Gasteiger partial charge in [0.25, 0.3) is 0 Å². The molecule has 0 amide bonds. The van der Waals surface area contributed by atoms with E-state index in [1.165, 1.54) is 18.2 Å². The number of carboxylic acid groups (broad SMARTS) is 1. The lowest BCUT2D eigenvalue weighted by Gasteiger charge is -2.28. The van der Waals surface area contributed by atoms with Crippen molar-refractivity contribution in [2.24, 2.45) is 11.7 Å². The normalized spacial score (nSPS) is 14.8. The first-order valence-corrected chi connectivity index (χ1v) is 13.0. The number of esters is 1. The van der Waals surface area contributed by atoms with E-state index in [1.807, 2.05) is 13.8 Å². The summed E-state index contributed by atoms with van der Waals surface area (Å²) in [5, 5.41) is 9.63. The van der Waals surface area contributed by atoms with Gasteiger partial charge in [0.2, 0.25) is 0 Å². The minimum absolute atomic E-state index is 0.0784. The summed E-state index contributed by atoms with van der Waals surface area (Å²) in [6.07, 6.45) is 0.183. The molecule has 4 unspecified atom stereocenters. The lowest BCUT2D eigenvalue weighted by atomic mass is 9.82. The Kier molecular flexibility index (Phi) is 14.2. The molecule has 214 valence electrons. The third-order valence-electron chi connectivity index (χ3n) is 5.81. The summed E-state index contributed by atoms with van der Waals surface area (Å²) in [5.41, 5.74) is 6.37. The number of hydrogen-bond acceptors (Lipinski definition) is 10. The number of hydrogen-bond donors (Lipinski definition) is 2. The highest BCUT2D eigenvalue weighted by Crippen LogP contribution is 2.36. The van der Waals surface area contributed by atoms with Crippen LogP contribution in [-0.2, 0) is 23.8 Å². The van der Waals surface area contributed by atoms with E-state index < -0.39 is 48.2 Å². The molecule has 3 N–H and O–H groups in total. The van der Waals surface area contributed by atoms with E-state index in [1.54, 1.807) is 27.7 Å². The SMILES string of the molecule is CCCC(C)OC(=O)Oc1ccc(C(C(C)COC(=O)CC)[C@H](N)C(=O)O)cc1OC(=O)OC(C)CCC. The molecule has 0 heterocycles. The Labute approximate surface area is 223 Å². The fraction of sp³-hybridized carbons (Fsp3) is 0.630. The van der Waals surface area contributed by atoms with Gasteiger partial charge in [0.05, 0.1) is 6.61 Å². The summed E-state index contributed by atoms with van der Waals surface area (Å²) in [5.74, 6) is -3.39. The van der Waals surface area contributed by atoms with E-state index in [9.17, 15) is 24.3 Å². The van der Waals surface area contributed by atoms with Crippen molar-refractivity contribution in [3.63, 3.8) is 0 Å². The second-order valence-corrected chi connectivity index (χ2v) is 9.25. The average Bonchev–Trinajstić information content (AvgIpc) is 2.84. The standard InChI is InChI=1S/C27H41NO10/c1-7-10-17(5)35-26(32)37-20-13-12-19(14-21(20)38-27(33)36-18(6)11-8-2)23(24(28)25(30)31)16(4)15-34-22(29)9-3/h12-14,16-18,23-24H,7-11,15,28H2,1-6H3,(H,30,31)/t16?,17?,18?,23?,24-/m0/s1. The van der Waals surface area contributed by atoms with E-state index in [2.05, 4.69) is 0 Å².